The Kier molecular flexibility index (Phi) is 5.44. The minimum atomic E-state index is -2.48. The molecule has 25 heavy (non-hydrogen) atoms. The average molecular weight is 381 g/mol. The van der Waals surface area contributed by atoms with Crippen molar-refractivity contribution in [3.63, 3.8) is 0 Å². The average Bonchev–Trinajstić information content (AvgIpc) is 2.67. The van der Waals surface area contributed by atoms with E-state index < -0.39 is 13.3 Å². The number of benzene rings is 3. The Bertz CT molecular complexity index is 962. The van der Waals surface area contributed by atoms with Gasteiger partial charge in [0.2, 0.25) is 0 Å². The Labute approximate surface area is 153 Å². The fraction of sp³-hybridized carbons (Fsp3) is 0.0833. The van der Waals surface area contributed by atoms with E-state index in [2.05, 4.69) is 70.4 Å². The molecule has 0 radical (unpaired) electrons. The van der Waals surface area contributed by atoms with E-state index in [0.717, 1.165) is 16.7 Å². The van der Waals surface area contributed by atoms with Crippen molar-refractivity contribution < 1.29 is 0 Å². The quantitative estimate of drug-likeness (QED) is 0.427. The van der Waals surface area contributed by atoms with Crippen LogP contribution in [0.5, 0.6) is 0 Å². The Morgan fingerprint density at radius 1 is 0.560 bits per heavy atom. The van der Waals surface area contributed by atoms with Crippen molar-refractivity contribution in [1.82, 2.24) is 0 Å². The van der Waals surface area contributed by atoms with Crippen LogP contribution in [0.25, 0.3) is 0 Å². The van der Waals surface area contributed by atoms with E-state index in [1.54, 1.807) is 0 Å². The van der Waals surface area contributed by atoms with Gasteiger partial charge in [-0.15, -0.1) is 0 Å². The van der Waals surface area contributed by atoms with Crippen LogP contribution in [0.3, 0.4) is 0 Å². The molecule has 0 nitrogen and oxygen atoms in total. The normalized spacial score (nSPS) is 10.2. The Morgan fingerprint density at radius 2 is 1.08 bits per heavy atom. The molecule has 0 N–H and O–H groups in total. The minimum absolute atomic E-state index is 1.04. The molecule has 3 aromatic rings. The van der Waals surface area contributed by atoms with Crippen molar-refractivity contribution in [2.24, 2.45) is 0 Å². The molecule has 0 saturated heterocycles. The van der Waals surface area contributed by atoms with Gasteiger partial charge in [0, 0.05) is 0 Å². The van der Waals surface area contributed by atoms with Gasteiger partial charge < -0.3 is 0 Å². The van der Waals surface area contributed by atoms with Gasteiger partial charge in [-0.3, -0.25) is 0 Å². The first-order valence-electron chi connectivity index (χ1n) is 8.40. The first kappa shape index (κ1) is 17.2. The summed E-state index contributed by atoms with van der Waals surface area (Å²) >= 11 is -2.48. The Balaban J connectivity index is 1.95. The van der Waals surface area contributed by atoms with Gasteiger partial charge in [-0.05, 0) is 0 Å². The molecule has 120 valence electrons. The van der Waals surface area contributed by atoms with Gasteiger partial charge >= 0.3 is 153 Å². The van der Waals surface area contributed by atoms with Gasteiger partial charge in [0.15, 0.2) is 0 Å². The second-order valence-electron chi connectivity index (χ2n) is 6.40. The van der Waals surface area contributed by atoms with Gasteiger partial charge in [0.1, 0.15) is 0 Å². The first-order valence-corrected chi connectivity index (χ1v) is 14.7. The fourth-order valence-electron chi connectivity index (χ4n) is 2.62. The zero-order chi connectivity index (χ0) is 17.5. The monoisotopic (exact) mass is 382 g/mol. The molecular formula is C24H20Ge. The summed E-state index contributed by atoms with van der Waals surface area (Å²) in [5.74, 6) is 14.7. The van der Waals surface area contributed by atoms with E-state index in [9.17, 15) is 0 Å². The predicted molar refractivity (Wildman–Crippen MR) is 109 cm³/mol. The summed E-state index contributed by atoms with van der Waals surface area (Å²) in [5, 5.41) is 0. The van der Waals surface area contributed by atoms with Gasteiger partial charge in [-0.2, -0.15) is 0 Å². The summed E-state index contributed by atoms with van der Waals surface area (Å²) in [6, 6.07) is 28.8. The third-order valence-electron chi connectivity index (χ3n) is 4.01. The molecule has 0 spiro atoms. The van der Waals surface area contributed by atoms with Gasteiger partial charge in [0.05, 0.1) is 0 Å². The van der Waals surface area contributed by atoms with Crippen molar-refractivity contribution in [2.45, 2.75) is 11.5 Å². The third kappa shape index (κ3) is 4.66. The van der Waals surface area contributed by atoms with Crippen LogP contribution in [0.15, 0.2) is 84.9 Å². The van der Waals surface area contributed by atoms with E-state index >= 15 is 0 Å². The molecule has 3 rings (SSSR count). The van der Waals surface area contributed by atoms with Gasteiger partial charge in [-0.1, -0.05) is 0 Å². The second kappa shape index (κ2) is 7.93. The molecule has 0 amide bonds. The van der Waals surface area contributed by atoms with Crippen molar-refractivity contribution in [3.05, 3.63) is 102 Å². The first-order chi connectivity index (χ1) is 12.1. The van der Waals surface area contributed by atoms with Crippen LogP contribution in [-0.4, -0.2) is 13.3 Å². The molecule has 3 aromatic carbocycles. The molecule has 0 fully saturated rings. The molecule has 0 aliphatic carbocycles. The molecule has 0 bridgehead atoms. The van der Waals surface area contributed by atoms with Gasteiger partial charge in [-0.25, -0.2) is 0 Å². The summed E-state index contributed by atoms with van der Waals surface area (Å²) in [5.41, 5.74) is 3.23. The Hall–Kier alpha value is -2.68. The van der Waals surface area contributed by atoms with Crippen molar-refractivity contribution >= 4 is 17.7 Å². The van der Waals surface area contributed by atoms with E-state index in [-0.39, 0.29) is 0 Å². The van der Waals surface area contributed by atoms with Crippen LogP contribution >= 0.6 is 0 Å². The molecule has 0 aliphatic rings. The van der Waals surface area contributed by atoms with E-state index in [1.807, 2.05) is 48.5 Å². The number of hydrogen-bond acceptors (Lipinski definition) is 0. The van der Waals surface area contributed by atoms with Crippen molar-refractivity contribution in [2.75, 3.05) is 0 Å². The Morgan fingerprint density at radius 3 is 1.72 bits per heavy atom. The molecular weight excluding hydrogens is 361 g/mol. The standard InChI is InChI=1S/C24H20Ge/c1-25(2,20-19-22-13-7-4-8-14-22)24-16-10-9-15-23(24)18-17-21-11-5-3-6-12-21/h3-16H,1-2H3. The zero-order valence-electron chi connectivity index (χ0n) is 14.6. The fourth-order valence-corrected chi connectivity index (χ4v) is 6.65. The molecule has 0 heterocycles. The summed E-state index contributed by atoms with van der Waals surface area (Å²) < 4.78 is 4.94. The molecule has 0 unspecified atom stereocenters. The van der Waals surface area contributed by atoms with Crippen molar-refractivity contribution in [1.29, 1.82) is 0 Å². The van der Waals surface area contributed by atoms with Crippen LogP contribution < -0.4 is 4.40 Å². The maximum atomic E-state index is 3.60. The summed E-state index contributed by atoms with van der Waals surface area (Å²) in [4.78, 5) is 0. The second-order valence-corrected chi connectivity index (χ2v) is 14.9. The summed E-state index contributed by atoms with van der Waals surface area (Å²) in [7, 11) is 0. The third-order valence-corrected chi connectivity index (χ3v) is 9.32. The van der Waals surface area contributed by atoms with E-state index in [1.165, 1.54) is 4.40 Å². The molecule has 0 saturated carbocycles. The molecule has 1 heteroatoms. The number of rotatable bonds is 1. The predicted octanol–water partition coefficient (Wildman–Crippen LogP) is 4.59. The van der Waals surface area contributed by atoms with E-state index in [0.29, 0.717) is 0 Å². The molecule has 0 aromatic heterocycles. The van der Waals surface area contributed by atoms with Crippen molar-refractivity contribution in [3.8, 4) is 22.5 Å². The molecule has 0 atom stereocenters. The van der Waals surface area contributed by atoms with Crippen LogP contribution in [0.4, 0.5) is 0 Å². The summed E-state index contributed by atoms with van der Waals surface area (Å²) in [6.45, 7) is 0. The number of hydrogen-bond donors (Lipinski definition) is 0. The van der Waals surface area contributed by atoms with Gasteiger partial charge in [0.25, 0.3) is 0 Å². The van der Waals surface area contributed by atoms with Crippen LogP contribution in [0, 0.1) is 22.5 Å². The molecule has 0 aliphatic heterocycles. The van der Waals surface area contributed by atoms with E-state index in [4.69, 9.17) is 0 Å². The van der Waals surface area contributed by atoms with Crippen LogP contribution in [-0.2, 0) is 0 Å². The zero-order valence-corrected chi connectivity index (χ0v) is 16.7. The van der Waals surface area contributed by atoms with Crippen LogP contribution in [0.2, 0.25) is 11.5 Å². The summed E-state index contributed by atoms with van der Waals surface area (Å²) in [6.07, 6.45) is 0. The SMILES string of the molecule is [CH3][Ge]([CH3])([C]#Cc1ccccc1)[c]1ccccc1C#Cc1ccccc1. The topological polar surface area (TPSA) is 0 Å². The van der Waals surface area contributed by atoms with Crippen LogP contribution in [0.1, 0.15) is 16.7 Å². The maximum absolute atomic E-state index is 3.60.